The topological polar surface area (TPSA) is 141 Å². The van der Waals surface area contributed by atoms with E-state index in [0.717, 1.165) is 0 Å². The molecule has 0 amide bonds. The Bertz CT molecular complexity index is 1380. The van der Waals surface area contributed by atoms with E-state index in [1.165, 1.54) is 49.6 Å². The lowest BCUT2D eigenvalue weighted by Crippen LogP contribution is -2.31. The quantitative estimate of drug-likeness (QED) is 0.208. The summed E-state index contributed by atoms with van der Waals surface area (Å²) >= 11 is 0. The zero-order valence-corrected chi connectivity index (χ0v) is 19.6. The molecule has 0 saturated carbocycles. The first-order valence-corrected chi connectivity index (χ1v) is 11.0. The van der Waals surface area contributed by atoms with E-state index in [-0.39, 0.29) is 45.4 Å². The monoisotopic (exact) mass is 498 g/mol. The summed E-state index contributed by atoms with van der Waals surface area (Å²) in [5.41, 5.74) is 0.336. The molecule has 4 aromatic rings. The molecule has 0 saturated heterocycles. The second-order valence-corrected chi connectivity index (χ2v) is 8.31. The molecule has 0 bridgehead atoms. The lowest BCUT2D eigenvalue weighted by molar-refractivity contribution is 0.111. The van der Waals surface area contributed by atoms with Crippen molar-refractivity contribution in [1.29, 1.82) is 0 Å². The number of benzene rings is 4. The molecule has 0 atom stereocenters. The van der Waals surface area contributed by atoms with Crippen molar-refractivity contribution >= 4 is 18.9 Å². The van der Waals surface area contributed by atoms with Crippen LogP contribution in [-0.4, -0.2) is 46.4 Å². The van der Waals surface area contributed by atoms with Gasteiger partial charge in [-0.3, -0.25) is 14.4 Å². The molecule has 37 heavy (non-hydrogen) atoms. The molecule has 0 aliphatic heterocycles. The Hall–Kier alpha value is -5.11. The van der Waals surface area contributed by atoms with Gasteiger partial charge in [0.15, 0.2) is 30.4 Å². The van der Waals surface area contributed by atoms with Gasteiger partial charge in [0.2, 0.25) is 0 Å². The molecular weight excluding hydrogens is 476 g/mol. The van der Waals surface area contributed by atoms with Crippen LogP contribution in [0, 0.1) is 0 Å². The van der Waals surface area contributed by atoms with E-state index in [2.05, 4.69) is 0 Å². The highest BCUT2D eigenvalue weighted by atomic mass is 16.5. The van der Waals surface area contributed by atoms with Crippen molar-refractivity contribution in [3.8, 4) is 28.7 Å². The third-order valence-corrected chi connectivity index (χ3v) is 6.38. The van der Waals surface area contributed by atoms with Gasteiger partial charge >= 0.3 is 0 Å². The summed E-state index contributed by atoms with van der Waals surface area (Å²) in [5, 5.41) is 41.0. The summed E-state index contributed by atoms with van der Waals surface area (Å²) in [6.07, 6.45) is 1.47. The Morgan fingerprint density at radius 2 is 0.865 bits per heavy atom. The first kappa shape index (κ1) is 25.0. The van der Waals surface area contributed by atoms with Crippen LogP contribution < -0.4 is 4.74 Å². The Balaban J connectivity index is 2.26. The fourth-order valence-corrected chi connectivity index (χ4v) is 4.56. The Morgan fingerprint density at radius 1 is 0.541 bits per heavy atom. The number of rotatable bonds is 8. The highest BCUT2D eigenvalue weighted by molar-refractivity contribution is 5.83. The van der Waals surface area contributed by atoms with E-state index < -0.39 is 5.41 Å². The van der Waals surface area contributed by atoms with Crippen molar-refractivity contribution in [3.63, 3.8) is 0 Å². The second kappa shape index (κ2) is 9.87. The molecule has 8 heteroatoms. The minimum Gasteiger partial charge on any atom is -0.507 e. The van der Waals surface area contributed by atoms with E-state index in [4.69, 9.17) is 4.74 Å². The lowest BCUT2D eigenvalue weighted by Gasteiger charge is -2.37. The van der Waals surface area contributed by atoms with Crippen LogP contribution in [0.5, 0.6) is 28.7 Å². The molecule has 0 radical (unpaired) electrons. The number of hydrogen-bond acceptors (Lipinski definition) is 8. The highest BCUT2D eigenvalue weighted by Gasteiger charge is 2.40. The highest BCUT2D eigenvalue weighted by Crippen LogP contribution is 2.49. The molecule has 0 unspecified atom stereocenters. The van der Waals surface area contributed by atoms with Gasteiger partial charge in [-0.2, -0.15) is 0 Å². The van der Waals surface area contributed by atoms with E-state index >= 15 is 0 Å². The number of phenols is 4. The lowest BCUT2D eigenvalue weighted by atomic mass is 9.64. The minimum absolute atomic E-state index is 0.0172. The predicted molar refractivity (Wildman–Crippen MR) is 134 cm³/mol. The SMILES string of the molecule is COc1cc(C(c2ccc(O)c(C=O)c2)(c2ccc(O)c(C=O)c2)c2ccc(O)c(C=O)c2)ccc1O. The van der Waals surface area contributed by atoms with E-state index in [1.54, 1.807) is 30.3 Å². The fourth-order valence-electron chi connectivity index (χ4n) is 4.56. The fraction of sp³-hybridized carbons (Fsp3) is 0.0690. The van der Waals surface area contributed by atoms with Crippen LogP contribution in [0.3, 0.4) is 0 Å². The van der Waals surface area contributed by atoms with E-state index in [9.17, 15) is 34.8 Å². The van der Waals surface area contributed by atoms with E-state index in [1.807, 2.05) is 0 Å². The molecule has 0 aliphatic carbocycles. The Kier molecular flexibility index (Phi) is 6.67. The number of carbonyl (C=O) groups is 3. The van der Waals surface area contributed by atoms with Crippen molar-refractivity contribution < 1.29 is 39.5 Å². The number of carbonyl (C=O) groups excluding carboxylic acids is 3. The van der Waals surface area contributed by atoms with Gasteiger partial charge in [0.1, 0.15) is 17.2 Å². The van der Waals surface area contributed by atoms with Crippen LogP contribution in [0.4, 0.5) is 0 Å². The van der Waals surface area contributed by atoms with Crippen LogP contribution in [-0.2, 0) is 5.41 Å². The molecule has 0 spiro atoms. The number of hydrogen-bond donors (Lipinski definition) is 4. The smallest absolute Gasteiger partial charge is 0.160 e. The number of phenolic OH excluding ortho intramolecular Hbond substituents is 4. The van der Waals surface area contributed by atoms with Gasteiger partial charge in [-0.1, -0.05) is 24.3 Å². The maximum absolute atomic E-state index is 11.8. The van der Waals surface area contributed by atoms with Crippen LogP contribution in [0.2, 0.25) is 0 Å². The van der Waals surface area contributed by atoms with Crippen molar-refractivity contribution in [1.82, 2.24) is 0 Å². The number of aldehydes is 3. The molecule has 8 nitrogen and oxygen atoms in total. The van der Waals surface area contributed by atoms with Gasteiger partial charge in [-0.15, -0.1) is 0 Å². The summed E-state index contributed by atoms with van der Waals surface area (Å²) in [5.74, 6) is -0.781. The van der Waals surface area contributed by atoms with E-state index in [0.29, 0.717) is 41.1 Å². The van der Waals surface area contributed by atoms with Gasteiger partial charge in [-0.25, -0.2) is 0 Å². The van der Waals surface area contributed by atoms with Gasteiger partial charge in [0.05, 0.1) is 29.2 Å². The summed E-state index contributed by atoms with van der Waals surface area (Å²) in [6.45, 7) is 0. The standard InChI is InChI=1S/C29H22O8/c1-37-28-13-23(5-9-27(28)36)29(20-2-6-24(33)17(10-20)14-30,21-3-7-25(34)18(11-21)15-31)22-4-8-26(35)19(12-22)16-32/h2-16,33-36H,1H3. The second-order valence-electron chi connectivity index (χ2n) is 8.31. The average Bonchev–Trinajstić information content (AvgIpc) is 2.92. The largest absolute Gasteiger partial charge is 0.507 e. The summed E-state index contributed by atoms with van der Waals surface area (Å²) in [4.78, 5) is 35.3. The van der Waals surface area contributed by atoms with Crippen LogP contribution in [0.25, 0.3) is 0 Å². The summed E-state index contributed by atoms with van der Waals surface area (Å²) in [6, 6.07) is 17.7. The van der Waals surface area contributed by atoms with Crippen LogP contribution >= 0.6 is 0 Å². The zero-order valence-electron chi connectivity index (χ0n) is 19.6. The minimum atomic E-state index is -1.40. The predicted octanol–water partition coefficient (Wildman–Crippen LogP) is 4.34. The molecule has 0 heterocycles. The van der Waals surface area contributed by atoms with Gasteiger partial charge in [-0.05, 0) is 70.8 Å². The number of methoxy groups -OCH3 is 1. The maximum Gasteiger partial charge on any atom is 0.160 e. The van der Waals surface area contributed by atoms with Gasteiger partial charge < -0.3 is 25.2 Å². The van der Waals surface area contributed by atoms with Crippen molar-refractivity contribution in [2.45, 2.75) is 5.41 Å². The van der Waals surface area contributed by atoms with Crippen molar-refractivity contribution in [2.75, 3.05) is 7.11 Å². The third-order valence-electron chi connectivity index (χ3n) is 6.38. The summed E-state index contributed by atoms with van der Waals surface area (Å²) in [7, 11) is 1.38. The Morgan fingerprint density at radius 3 is 1.19 bits per heavy atom. The molecule has 186 valence electrons. The van der Waals surface area contributed by atoms with Crippen molar-refractivity contribution in [2.24, 2.45) is 0 Å². The van der Waals surface area contributed by atoms with Crippen LogP contribution in [0.1, 0.15) is 53.3 Å². The van der Waals surface area contributed by atoms with Gasteiger partial charge in [0.25, 0.3) is 0 Å². The average molecular weight is 498 g/mol. The van der Waals surface area contributed by atoms with Crippen molar-refractivity contribution in [3.05, 3.63) is 112 Å². The molecule has 4 N–H and O–H groups in total. The Labute approximate surface area is 211 Å². The first-order chi connectivity index (χ1) is 17.8. The normalized spacial score (nSPS) is 11.1. The number of ether oxygens (including phenoxy) is 1. The molecule has 0 aromatic heterocycles. The first-order valence-electron chi connectivity index (χ1n) is 11.0. The number of aromatic hydroxyl groups is 4. The molecule has 4 aromatic carbocycles. The maximum atomic E-state index is 11.8. The molecule has 0 aliphatic rings. The molecular formula is C29H22O8. The third kappa shape index (κ3) is 4.14. The zero-order chi connectivity index (χ0) is 26.7. The van der Waals surface area contributed by atoms with Gasteiger partial charge in [0, 0.05) is 0 Å². The molecule has 4 rings (SSSR count). The molecule has 0 fully saturated rings. The van der Waals surface area contributed by atoms with Crippen LogP contribution in [0.15, 0.2) is 72.8 Å². The summed E-state index contributed by atoms with van der Waals surface area (Å²) < 4.78 is 5.34.